The highest BCUT2D eigenvalue weighted by molar-refractivity contribution is 6.02. The van der Waals surface area contributed by atoms with Crippen molar-refractivity contribution in [3.63, 3.8) is 0 Å². The van der Waals surface area contributed by atoms with Crippen molar-refractivity contribution < 1.29 is 7.65 Å². The molecule has 2 aliphatic heterocycles. The number of hydrogen-bond donors (Lipinski definition) is 2. The first-order valence-corrected chi connectivity index (χ1v) is 12.5. The van der Waals surface area contributed by atoms with Crippen LogP contribution < -0.4 is 5.32 Å². The number of likely N-dealkylation sites (tertiary alicyclic amines) is 1. The second kappa shape index (κ2) is 9.46. The molecule has 0 spiro atoms. The molecule has 0 saturated carbocycles. The molecule has 5 rings (SSSR count). The van der Waals surface area contributed by atoms with Crippen LogP contribution in [0, 0.1) is 11.8 Å². The van der Waals surface area contributed by atoms with Crippen molar-refractivity contribution in [3.8, 4) is 11.1 Å². The van der Waals surface area contributed by atoms with Crippen LogP contribution >= 0.6 is 0 Å². The molecule has 2 unspecified atom stereocenters. The third-order valence-electron chi connectivity index (χ3n) is 7.62. The lowest BCUT2D eigenvalue weighted by Crippen LogP contribution is -2.45. The van der Waals surface area contributed by atoms with Crippen molar-refractivity contribution in [1.29, 1.82) is 0 Å². The predicted octanol–water partition coefficient (Wildman–Crippen LogP) is 6.86. The molecule has 0 radical (unpaired) electrons. The summed E-state index contributed by atoms with van der Waals surface area (Å²) >= 11 is 0. The largest absolute Gasteiger partial charge is 0.386 e. The lowest BCUT2D eigenvalue weighted by molar-refractivity contribution is 0.0668. The maximum atomic E-state index is 13.3. The zero-order valence-corrected chi connectivity index (χ0v) is 19.8. The molecule has 1 saturated heterocycles. The number of nitrogens with zero attached hydrogens (tertiary/aromatic N) is 1. The van der Waals surface area contributed by atoms with Crippen LogP contribution in [-0.4, -0.2) is 34.9 Å². The highest BCUT2D eigenvalue weighted by atomic mass is 16.2. The van der Waals surface area contributed by atoms with Gasteiger partial charge in [0, 0.05) is 55.9 Å². The van der Waals surface area contributed by atoms with Crippen LogP contribution in [0.5, 0.6) is 0 Å². The molecular formula is C29H39N3O. The standard InChI is InChI=1S/C29H35N3O.2H2/c1-20-8-10-21(2)31-27(13-9-20)23-14-16-32(17-15-23)29(33)24-11-12-25-26(19-30-28(25)18-24)22-6-4-3-5-7-22;;/h3-7,10-12,18-20,23,27,30-31H,8-9,13-17H2,1-2H3;2*1H/b21-10-;;. The Labute approximate surface area is 200 Å². The zero-order valence-electron chi connectivity index (χ0n) is 19.8. The molecule has 176 valence electrons. The van der Waals surface area contributed by atoms with Crippen LogP contribution in [0.15, 0.2) is 66.5 Å². The van der Waals surface area contributed by atoms with Crippen LogP contribution in [0.4, 0.5) is 0 Å². The molecule has 1 fully saturated rings. The molecule has 3 heterocycles. The van der Waals surface area contributed by atoms with Crippen molar-refractivity contribution in [2.24, 2.45) is 11.8 Å². The van der Waals surface area contributed by atoms with Crippen LogP contribution in [0.2, 0.25) is 0 Å². The molecule has 0 aliphatic carbocycles. The number of amides is 1. The van der Waals surface area contributed by atoms with Crippen LogP contribution in [-0.2, 0) is 0 Å². The molecule has 0 bridgehead atoms. The summed E-state index contributed by atoms with van der Waals surface area (Å²) in [6.45, 7) is 6.25. The number of H-pyrrole nitrogens is 1. The Balaban J connectivity index is 0.00000171. The van der Waals surface area contributed by atoms with E-state index < -0.39 is 0 Å². The number of fused-ring (bicyclic) bond motifs is 1. The Morgan fingerprint density at radius 2 is 1.82 bits per heavy atom. The first-order valence-electron chi connectivity index (χ1n) is 12.5. The number of benzene rings is 2. The highest BCUT2D eigenvalue weighted by Gasteiger charge is 2.29. The smallest absolute Gasteiger partial charge is 0.253 e. The van der Waals surface area contributed by atoms with E-state index in [4.69, 9.17) is 0 Å². The average Bonchev–Trinajstić information content (AvgIpc) is 3.28. The fourth-order valence-corrected chi connectivity index (χ4v) is 5.54. The van der Waals surface area contributed by atoms with Crippen molar-refractivity contribution >= 4 is 16.8 Å². The van der Waals surface area contributed by atoms with Gasteiger partial charge in [0.15, 0.2) is 0 Å². The van der Waals surface area contributed by atoms with Gasteiger partial charge >= 0.3 is 0 Å². The number of rotatable bonds is 3. The summed E-state index contributed by atoms with van der Waals surface area (Å²) in [5.74, 6) is 1.56. The first kappa shape index (κ1) is 21.8. The molecule has 4 nitrogen and oxygen atoms in total. The number of carbonyl (C=O) groups is 1. The molecule has 1 aromatic heterocycles. The minimum Gasteiger partial charge on any atom is -0.386 e. The van der Waals surface area contributed by atoms with Gasteiger partial charge in [-0.25, -0.2) is 0 Å². The van der Waals surface area contributed by atoms with E-state index >= 15 is 0 Å². The fraction of sp³-hybridized carbons (Fsp3) is 0.414. The summed E-state index contributed by atoms with van der Waals surface area (Å²) in [7, 11) is 0. The van der Waals surface area contributed by atoms with Gasteiger partial charge in [-0.05, 0) is 68.6 Å². The van der Waals surface area contributed by atoms with Crippen LogP contribution in [0.3, 0.4) is 0 Å². The van der Waals surface area contributed by atoms with Gasteiger partial charge in [-0.3, -0.25) is 4.79 Å². The molecule has 3 aromatic rings. The first-order chi connectivity index (χ1) is 16.1. The quantitative estimate of drug-likeness (QED) is 0.462. The minimum absolute atomic E-state index is 0. The minimum atomic E-state index is 0. The van der Waals surface area contributed by atoms with Crippen LogP contribution in [0.25, 0.3) is 22.0 Å². The van der Waals surface area contributed by atoms with Crippen molar-refractivity contribution in [2.45, 2.75) is 52.0 Å². The Hall–Kier alpha value is -3.01. The van der Waals surface area contributed by atoms with Gasteiger partial charge in [-0.1, -0.05) is 49.4 Å². The lowest BCUT2D eigenvalue weighted by Gasteiger charge is -2.38. The van der Waals surface area contributed by atoms with Gasteiger partial charge in [-0.15, -0.1) is 0 Å². The fourth-order valence-electron chi connectivity index (χ4n) is 5.54. The molecule has 2 atom stereocenters. The predicted molar refractivity (Wildman–Crippen MR) is 140 cm³/mol. The Morgan fingerprint density at radius 3 is 2.61 bits per heavy atom. The summed E-state index contributed by atoms with van der Waals surface area (Å²) in [6, 6.07) is 17.0. The maximum absolute atomic E-state index is 13.3. The number of nitrogens with one attached hydrogen (secondary N) is 2. The normalized spacial score (nSPS) is 23.9. The van der Waals surface area contributed by atoms with E-state index in [1.807, 2.05) is 29.3 Å². The van der Waals surface area contributed by atoms with E-state index in [0.29, 0.717) is 12.0 Å². The van der Waals surface area contributed by atoms with Crippen LogP contribution in [0.1, 0.15) is 59.2 Å². The van der Waals surface area contributed by atoms with Crippen molar-refractivity contribution in [1.82, 2.24) is 15.2 Å². The van der Waals surface area contributed by atoms with E-state index in [9.17, 15) is 4.79 Å². The summed E-state index contributed by atoms with van der Waals surface area (Å²) in [6.07, 6.45) is 10.2. The summed E-state index contributed by atoms with van der Waals surface area (Å²) < 4.78 is 0. The van der Waals surface area contributed by atoms with Crippen molar-refractivity contribution in [3.05, 3.63) is 72.1 Å². The van der Waals surface area contributed by atoms with E-state index in [-0.39, 0.29) is 8.76 Å². The SMILES string of the molecule is C/C1=C/CC(C)CCC(C2CCN(C(=O)c3ccc4c(-c5ccccc5)c[nH]c4c3)CC2)N1.[HH].[HH]. The second-order valence-electron chi connectivity index (χ2n) is 10.0. The van der Waals surface area contributed by atoms with Gasteiger partial charge in [0.05, 0.1) is 0 Å². The maximum Gasteiger partial charge on any atom is 0.253 e. The van der Waals surface area contributed by atoms with Gasteiger partial charge in [-0.2, -0.15) is 0 Å². The molecular weight excluding hydrogens is 406 g/mol. The molecule has 2 aromatic carbocycles. The Morgan fingerprint density at radius 1 is 1.03 bits per heavy atom. The van der Waals surface area contributed by atoms with E-state index in [1.54, 1.807) is 0 Å². The second-order valence-corrected chi connectivity index (χ2v) is 10.0. The number of carbonyl (C=O) groups excluding carboxylic acids is 1. The summed E-state index contributed by atoms with van der Waals surface area (Å²) in [4.78, 5) is 18.7. The molecule has 1 amide bonds. The molecule has 2 aliphatic rings. The third-order valence-corrected chi connectivity index (χ3v) is 7.62. The van der Waals surface area contributed by atoms with E-state index in [0.717, 1.165) is 48.3 Å². The highest BCUT2D eigenvalue weighted by Crippen LogP contribution is 2.31. The number of piperidine rings is 1. The average molecular weight is 446 g/mol. The summed E-state index contributed by atoms with van der Waals surface area (Å²) in [5.41, 5.74) is 5.48. The van der Waals surface area contributed by atoms with Gasteiger partial charge in [0.25, 0.3) is 5.91 Å². The Kier molecular flexibility index (Phi) is 6.26. The van der Waals surface area contributed by atoms with E-state index in [2.05, 4.69) is 60.6 Å². The molecule has 2 N–H and O–H groups in total. The molecule has 4 heteroatoms. The van der Waals surface area contributed by atoms with Gasteiger partial charge < -0.3 is 15.2 Å². The topological polar surface area (TPSA) is 48.1 Å². The number of allylic oxidation sites excluding steroid dienone is 2. The molecule has 33 heavy (non-hydrogen) atoms. The number of aromatic nitrogens is 1. The van der Waals surface area contributed by atoms with Crippen molar-refractivity contribution in [2.75, 3.05) is 13.1 Å². The Bertz CT molecular complexity index is 1150. The monoisotopic (exact) mass is 445 g/mol. The number of hydrogen-bond acceptors (Lipinski definition) is 2. The number of aromatic amines is 1. The third kappa shape index (κ3) is 4.71. The lowest BCUT2D eigenvalue weighted by atomic mass is 9.84. The zero-order chi connectivity index (χ0) is 22.8. The van der Waals surface area contributed by atoms with E-state index in [1.165, 1.54) is 36.1 Å². The summed E-state index contributed by atoms with van der Waals surface area (Å²) in [5, 5.41) is 4.93. The van der Waals surface area contributed by atoms with Gasteiger partial charge in [0.1, 0.15) is 0 Å². The van der Waals surface area contributed by atoms with Gasteiger partial charge in [0.2, 0.25) is 0 Å².